The Hall–Kier alpha value is -4.34. The number of carbonyl (C=O) groups excluding carboxylic acids is 2. The Balaban J connectivity index is 0.00000300. The molecule has 0 fully saturated rings. The van der Waals surface area contributed by atoms with Gasteiger partial charge < -0.3 is 19.7 Å². The monoisotopic (exact) mass is 712 g/mol. The molecule has 0 aliphatic carbocycles. The summed E-state index contributed by atoms with van der Waals surface area (Å²) in [6.45, 7) is 2.12. The molecular weight excluding hydrogens is 682 g/mol. The molecule has 5 aromatic rings. The maximum atomic E-state index is 13.0. The number of halogens is 4. The number of likely N-dealkylation sites (N-methyl/N-ethyl adjacent to an activating group) is 1. The van der Waals surface area contributed by atoms with Gasteiger partial charge in [0.2, 0.25) is 11.8 Å². The van der Waals surface area contributed by atoms with Crippen molar-refractivity contribution in [1.29, 1.82) is 0 Å². The smallest absolute Gasteiger partial charge is 0.246 e. The van der Waals surface area contributed by atoms with E-state index in [1.54, 1.807) is 31.5 Å². The SMILES string of the molecule is Cc1ccc2cccc(OCc3c(Cl)ccc(N(C)C(=O)CNC(=O)C=Cc4ccc(OCc5ccccn5)cc4)c3Cl)c2n1.Cl.Cl. The van der Waals surface area contributed by atoms with E-state index >= 15 is 0 Å². The lowest BCUT2D eigenvalue weighted by atomic mass is 10.1. The van der Waals surface area contributed by atoms with Crippen molar-refractivity contribution in [2.75, 3.05) is 18.5 Å². The van der Waals surface area contributed by atoms with Gasteiger partial charge >= 0.3 is 0 Å². The van der Waals surface area contributed by atoms with Gasteiger partial charge in [-0.2, -0.15) is 0 Å². The number of pyridine rings is 2. The molecule has 244 valence electrons. The van der Waals surface area contributed by atoms with Crippen molar-refractivity contribution >= 4 is 82.5 Å². The summed E-state index contributed by atoms with van der Waals surface area (Å²) in [7, 11) is 1.58. The number of benzene rings is 3. The predicted molar refractivity (Wildman–Crippen MR) is 192 cm³/mol. The number of rotatable bonds is 11. The average Bonchev–Trinajstić information content (AvgIpc) is 3.06. The molecule has 0 unspecified atom stereocenters. The number of nitrogens with zero attached hydrogens (tertiary/aromatic N) is 3. The molecule has 0 saturated carbocycles. The zero-order valence-corrected chi connectivity index (χ0v) is 28.6. The van der Waals surface area contributed by atoms with E-state index in [0.29, 0.717) is 34.4 Å². The number of amides is 2. The maximum Gasteiger partial charge on any atom is 0.246 e. The highest BCUT2D eigenvalue weighted by Gasteiger charge is 2.19. The number of ether oxygens (including phenoxy) is 2. The molecule has 0 spiro atoms. The van der Waals surface area contributed by atoms with E-state index in [2.05, 4.69) is 15.3 Å². The van der Waals surface area contributed by atoms with Gasteiger partial charge in [-0.1, -0.05) is 59.6 Å². The Labute approximate surface area is 295 Å². The number of hydrogen-bond acceptors (Lipinski definition) is 6. The molecule has 2 aromatic heterocycles. The third kappa shape index (κ3) is 9.83. The topological polar surface area (TPSA) is 93.7 Å². The van der Waals surface area contributed by atoms with E-state index in [4.69, 9.17) is 32.7 Å². The number of aryl methyl sites for hydroxylation is 1. The molecule has 0 aliphatic rings. The summed E-state index contributed by atoms with van der Waals surface area (Å²) in [6, 6.07) is 25.9. The lowest BCUT2D eigenvalue weighted by Gasteiger charge is -2.21. The van der Waals surface area contributed by atoms with Gasteiger partial charge in [0.15, 0.2) is 0 Å². The maximum absolute atomic E-state index is 13.0. The summed E-state index contributed by atoms with van der Waals surface area (Å²) < 4.78 is 11.8. The van der Waals surface area contributed by atoms with Crippen LogP contribution in [0.25, 0.3) is 17.0 Å². The number of anilines is 1. The number of nitrogens with one attached hydrogen (secondary N) is 1. The van der Waals surface area contributed by atoms with Gasteiger partial charge in [0.05, 0.1) is 22.9 Å². The Morgan fingerprint density at radius 3 is 2.43 bits per heavy atom. The van der Waals surface area contributed by atoms with Crippen LogP contribution in [0, 0.1) is 6.92 Å². The Morgan fingerprint density at radius 1 is 0.894 bits per heavy atom. The number of para-hydroxylation sites is 1. The van der Waals surface area contributed by atoms with Crippen LogP contribution in [-0.2, 0) is 22.8 Å². The molecule has 0 aliphatic heterocycles. The van der Waals surface area contributed by atoms with E-state index in [1.807, 2.05) is 79.7 Å². The van der Waals surface area contributed by atoms with Gasteiger partial charge in [-0.3, -0.25) is 14.6 Å². The fourth-order valence-corrected chi connectivity index (χ4v) is 5.03. The second-order valence-corrected chi connectivity index (χ2v) is 10.9. The molecule has 1 N–H and O–H groups in total. The van der Waals surface area contributed by atoms with E-state index in [-0.39, 0.29) is 48.9 Å². The normalized spacial score (nSPS) is 10.6. The molecule has 0 bridgehead atoms. The Kier molecular flexibility index (Phi) is 13.9. The van der Waals surface area contributed by atoms with Crippen LogP contribution in [0.3, 0.4) is 0 Å². The van der Waals surface area contributed by atoms with Crippen molar-refractivity contribution in [1.82, 2.24) is 15.3 Å². The summed E-state index contributed by atoms with van der Waals surface area (Å²) in [5.74, 6) is 0.504. The minimum Gasteiger partial charge on any atom is -0.487 e. The third-order valence-electron chi connectivity index (χ3n) is 6.93. The van der Waals surface area contributed by atoms with Crippen LogP contribution in [-0.4, -0.2) is 35.4 Å². The summed E-state index contributed by atoms with van der Waals surface area (Å²) in [5, 5.41) is 4.25. The number of carbonyl (C=O) groups is 2. The molecule has 2 heterocycles. The molecule has 0 saturated heterocycles. The molecule has 5 rings (SSSR count). The summed E-state index contributed by atoms with van der Waals surface area (Å²) in [4.78, 5) is 35.6. The van der Waals surface area contributed by atoms with Crippen LogP contribution in [0.15, 0.2) is 97.2 Å². The number of hydrogen-bond donors (Lipinski definition) is 1. The van der Waals surface area contributed by atoms with E-state index in [0.717, 1.165) is 27.9 Å². The van der Waals surface area contributed by atoms with E-state index in [1.165, 1.54) is 11.0 Å². The van der Waals surface area contributed by atoms with Crippen LogP contribution in [0.2, 0.25) is 10.0 Å². The Bertz CT molecular complexity index is 1860. The van der Waals surface area contributed by atoms with Crippen molar-refractivity contribution in [3.05, 3.63) is 130 Å². The van der Waals surface area contributed by atoms with Crippen molar-refractivity contribution in [3.8, 4) is 11.5 Å². The molecule has 47 heavy (non-hydrogen) atoms. The average molecular weight is 714 g/mol. The quantitative estimate of drug-likeness (QED) is 0.139. The van der Waals surface area contributed by atoms with Gasteiger partial charge in [0.1, 0.15) is 30.2 Å². The van der Waals surface area contributed by atoms with Crippen LogP contribution < -0.4 is 19.7 Å². The van der Waals surface area contributed by atoms with Crippen LogP contribution in [0.4, 0.5) is 5.69 Å². The van der Waals surface area contributed by atoms with Crippen molar-refractivity contribution in [3.63, 3.8) is 0 Å². The molecule has 2 amide bonds. The molecule has 0 radical (unpaired) electrons. The molecular formula is C35H32Cl4N4O4. The minimum absolute atomic E-state index is 0. The summed E-state index contributed by atoms with van der Waals surface area (Å²) in [5.41, 5.74) is 4.20. The van der Waals surface area contributed by atoms with Gasteiger partial charge in [0.25, 0.3) is 0 Å². The first-order valence-electron chi connectivity index (χ1n) is 14.1. The fourth-order valence-electron chi connectivity index (χ4n) is 4.42. The first kappa shape index (κ1) is 37.1. The predicted octanol–water partition coefficient (Wildman–Crippen LogP) is 8.04. The Morgan fingerprint density at radius 2 is 1.68 bits per heavy atom. The zero-order chi connectivity index (χ0) is 31.8. The molecule has 8 nitrogen and oxygen atoms in total. The fraction of sp³-hybridized carbons (Fsp3) is 0.143. The minimum atomic E-state index is -0.414. The zero-order valence-electron chi connectivity index (χ0n) is 25.5. The first-order chi connectivity index (χ1) is 21.8. The van der Waals surface area contributed by atoms with Crippen LogP contribution in [0.1, 0.15) is 22.5 Å². The first-order valence-corrected chi connectivity index (χ1v) is 14.9. The van der Waals surface area contributed by atoms with Gasteiger partial charge in [0, 0.05) is 41.0 Å². The second kappa shape index (κ2) is 17.5. The summed E-state index contributed by atoms with van der Waals surface area (Å²) >= 11 is 13.2. The highest BCUT2D eigenvalue weighted by atomic mass is 35.5. The molecule has 0 atom stereocenters. The summed E-state index contributed by atoms with van der Waals surface area (Å²) in [6.07, 6.45) is 4.74. The largest absolute Gasteiger partial charge is 0.487 e. The van der Waals surface area contributed by atoms with Crippen molar-refractivity contribution in [2.45, 2.75) is 20.1 Å². The van der Waals surface area contributed by atoms with Crippen molar-refractivity contribution in [2.24, 2.45) is 0 Å². The van der Waals surface area contributed by atoms with Crippen LogP contribution >= 0.6 is 48.0 Å². The van der Waals surface area contributed by atoms with E-state index < -0.39 is 5.91 Å². The molecule has 3 aromatic carbocycles. The van der Waals surface area contributed by atoms with E-state index in [9.17, 15) is 9.59 Å². The standard InChI is InChI=1S/C35H30Cl2N4O4.2ClH/c1-23-9-13-25-6-5-8-31(35(25)40-23)45-22-28-29(36)16-17-30(34(28)37)41(2)33(43)20-39-32(42)18-12-24-10-14-27(15-11-24)44-21-26-7-3-4-19-38-26;;/h3-19H,20-22H2,1-2H3,(H,39,42);2*1H. The lowest BCUT2D eigenvalue weighted by Crippen LogP contribution is -2.37. The highest BCUT2D eigenvalue weighted by Crippen LogP contribution is 2.35. The van der Waals surface area contributed by atoms with Gasteiger partial charge in [-0.25, -0.2) is 4.98 Å². The highest BCUT2D eigenvalue weighted by molar-refractivity contribution is 6.38. The lowest BCUT2D eigenvalue weighted by molar-refractivity contribution is -0.122. The van der Waals surface area contributed by atoms with Crippen molar-refractivity contribution < 1.29 is 19.1 Å². The van der Waals surface area contributed by atoms with Gasteiger partial charge in [-0.05, 0) is 67.1 Å². The number of fused-ring (bicyclic) bond motifs is 1. The van der Waals surface area contributed by atoms with Gasteiger partial charge in [-0.15, -0.1) is 24.8 Å². The second-order valence-electron chi connectivity index (χ2n) is 10.1. The molecule has 12 heteroatoms. The third-order valence-corrected chi connectivity index (χ3v) is 7.71. The number of aromatic nitrogens is 2. The van der Waals surface area contributed by atoms with Crippen LogP contribution in [0.5, 0.6) is 11.5 Å².